The first-order valence-corrected chi connectivity index (χ1v) is 9.29. The summed E-state index contributed by atoms with van der Waals surface area (Å²) in [5.74, 6) is 1.76. The minimum Gasteiger partial charge on any atom is -0.451 e. The average molecular weight is 446 g/mol. The summed E-state index contributed by atoms with van der Waals surface area (Å²) in [6, 6.07) is 15.2. The lowest BCUT2D eigenvalue weighted by Gasteiger charge is -2.06. The van der Waals surface area contributed by atoms with Gasteiger partial charge in [-0.3, -0.25) is 14.8 Å². The van der Waals surface area contributed by atoms with Gasteiger partial charge in [0.1, 0.15) is 17.3 Å². The molecular weight excluding hydrogens is 425 g/mol. The Balaban J connectivity index is 0.00000128. The summed E-state index contributed by atoms with van der Waals surface area (Å²) in [4.78, 5) is 21.4. The smallest absolute Gasteiger partial charge is 0.291 e. The standard InChI is InChI=1S/C21H19N5O2.2ClH/c27-21(26-16-5-3-13(4-6-16)19-22-7-8-23-19)18-11-14-1-2-15(12-17(14)28-18)20-24-9-10-25-20;;/h1-6,11-12H,7-10H2,(H,22,23)(H,24,25)(H,26,27);2*1H. The number of carbonyl (C=O) groups excluding carboxylic acids is 1. The van der Waals surface area contributed by atoms with Crippen LogP contribution in [0.25, 0.3) is 11.0 Å². The van der Waals surface area contributed by atoms with Crippen LogP contribution in [0.1, 0.15) is 21.7 Å². The molecule has 30 heavy (non-hydrogen) atoms. The van der Waals surface area contributed by atoms with Gasteiger partial charge in [0.15, 0.2) is 5.76 Å². The van der Waals surface area contributed by atoms with Crippen LogP contribution in [0.4, 0.5) is 5.69 Å². The van der Waals surface area contributed by atoms with Gasteiger partial charge in [0.25, 0.3) is 5.91 Å². The number of anilines is 1. The molecule has 156 valence electrons. The largest absolute Gasteiger partial charge is 0.451 e. The maximum absolute atomic E-state index is 12.6. The molecule has 0 fully saturated rings. The number of nitrogens with zero attached hydrogens (tertiary/aromatic N) is 2. The monoisotopic (exact) mass is 445 g/mol. The fourth-order valence-electron chi connectivity index (χ4n) is 3.38. The van der Waals surface area contributed by atoms with Crippen molar-refractivity contribution < 1.29 is 9.21 Å². The second-order valence-corrected chi connectivity index (χ2v) is 6.71. The molecule has 0 saturated carbocycles. The van der Waals surface area contributed by atoms with Crippen LogP contribution in [0.3, 0.4) is 0 Å². The number of hydrogen-bond donors (Lipinski definition) is 3. The van der Waals surface area contributed by atoms with Gasteiger partial charge in [-0.1, -0.05) is 12.1 Å². The molecule has 7 nitrogen and oxygen atoms in total. The Labute approximate surface area is 185 Å². The van der Waals surface area contributed by atoms with Crippen LogP contribution < -0.4 is 16.0 Å². The van der Waals surface area contributed by atoms with Crippen LogP contribution in [0.15, 0.2) is 62.9 Å². The van der Waals surface area contributed by atoms with Crippen LogP contribution in [0, 0.1) is 0 Å². The number of amides is 1. The van der Waals surface area contributed by atoms with Crippen molar-refractivity contribution >= 4 is 59.0 Å². The number of hydrogen-bond acceptors (Lipinski definition) is 6. The van der Waals surface area contributed by atoms with E-state index in [0.717, 1.165) is 54.4 Å². The molecular formula is C21H21Cl2N5O2. The van der Waals surface area contributed by atoms with Crippen molar-refractivity contribution in [3.8, 4) is 0 Å². The predicted octanol–water partition coefficient (Wildman–Crippen LogP) is 3.23. The minimum absolute atomic E-state index is 0. The molecule has 5 rings (SSSR count). The van der Waals surface area contributed by atoms with Gasteiger partial charge in [-0.05, 0) is 36.4 Å². The fourth-order valence-corrected chi connectivity index (χ4v) is 3.38. The molecule has 0 saturated heterocycles. The lowest BCUT2D eigenvalue weighted by Crippen LogP contribution is -2.19. The van der Waals surface area contributed by atoms with E-state index in [1.54, 1.807) is 6.07 Å². The van der Waals surface area contributed by atoms with Gasteiger partial charge < -0.3 is 20.4 Å². The first-order chi connectivity index (χ1) is 13.8. The lowest BCUT2D eigenvalue weighted by atomic mass is 10.1. The first kappa shape index (κ1) is 21.7. The molecule has 1 amide bonds. The normalized spacial score (nSPS) is 14.7. The van der Waals surface area contributed by atoms with E-state index in [0.29, 0.717) is 11.3 Å². The fraction of sp³-hybridized carbons (Fsp3) is 0.190. The molecule has 3 aromatic rings. The maximum Gasteiger partial charge on any atom is 0.291 e. The van der Waals surface area contributed by atoms with Crippen molar-refractivity contribution in [3.05, 3.63) is 65.4 Å². The van der Waals surface area contributed by atoms with Crippen LogP contribution in [-0.4, -0.2) is 43.8 Å². The van der Waals surface area contributed by atoms with E-state index in [9.17, 15) is 4.79 Å². The molecule has 2 aliphatic heterocycles. The Hall–Kier alpha value is -3.03. The van der Waals surface area contributed by atoms with Crippen LogP contribution in [-0.2, 0) is 0 Å². The molecule has 9 heteroatoms. The van der Waals surface area contributed by atoms with Crippen molar-refractivity contribution in [2.24, 2.45) is 9.98 Å². The average Bonchev–Trinajstić information content (AvgIpc) is 3.49. The zero-order chi connectivity index (χ0) is 18.9. The summed E-state index contributed by atoms with van der Waals surface area (Å²) >= 11 is 0. The molecule has 1 aromatic heterocycles. The molecule has 0 radical (unpaired) electrons. The van der Waals surface area contributed by atoms with Crippen molar-refractivity contribution in [1.82, 2.24) is 10.6 Å². The molecule has 2 aromatic carbocycles. The first-order valence-electron chi connectivity index (χ1n) is 9.29. The topological polar surface area (TPSA) is 91.0 Å². The number of nitrogens with one attached hydrogen (secondary N) is 3. The number of amidine groups is 2. The van der Waals surface area contributed by atoms with Crippen molar-refractivity contribution in [3.63, 3.8) is 0 Å². The van der Waals surface area contributed by atoms with E-state index in [2.05, 4.69) is 25.9 Å². The van der Waals surface area contributed by atoms with E-state index in [1.165, 1.54) is 0 Å². The van der Waals surface area contributed by atoms with Crippen molar-refractivity contribution in [2.45, 2.75) is 0 Å². The maximum atomic E-state index is 12.6. The Morgan fingerprint density at radius 1 is 0.867 bits per heavy atom. The predicted molar refractivity (Wildman–Crippen MR) is 124 cm³/mol. The third-order valence-corrected chi connectivity index (χ3v) is 4.78. The van der Waals surface area contributed by atoms with Gasteiger partial charge in [0.05, 0.1) is 13.1 Å². The summed E-state index contributed by atoms with van der Waals surface area (Å²) in [6.07, 6.45) is 0. The van der Waals surface area contributed by atoms with Gasteiger partial charge in [-0.15, -0.1) is 24.8 Å². The van der Waals surface area contributed by atoms with E-state index in [4.69, 9.17) is 4.42 Å². The van der Waals surface area contributed by atoms with E-state index in [1.807, 2.05) is 42.5 Å². The summed E-state index contributed by atoms with van der Waals surface area (Å²) < 4.78 is 5.78. The molecule has 3 N–H and O–H groups in total. The number of halogens is 2. The minimum atomic E-state index is -0.279. The van der Waals surface area contributed by atoms with E-state index < -0.39 is 0 Å². The SMILES string of the molecule is Cl.Cl.O=C(Nc1ccc(C2=NCCN2)cc1)c1cc2ccc(C3=NCCN3)cc2o1. The zero-order valence-corrected chi connectivity index (χ0v) is 17.6. The Morgan fingerprint density at radius 2 is 1.50 bits per heavy atom. The summed E-state index contributed by atoms with van der Waals surface area (Å²) in [5.41, 5.74) is 3.35. The van der Waals surface area contributed by atoms with Crippen molar-refractivity contribution in [1.29, 1.82) is 0 Å². The highest BCUT2D eigenvalue weighted by molar-refractivity contribution is 6.06. The summed E-state index contributed by atoms with van der Waals surface area (Å²) in [6.45, 7) is 3.29. The quantitative estimate of drug-likeness (QED) is 0.574. The van der Waals surface area contributed by atoms with E-state index >= 15 is 0 Å². The highest BCUT2D eigenvalue weighted by Crippen LogP contribution is 2.22. The summed E-state index contributed by atoms with van der Waals surface area (Å²) in [7, 11) is 0. The Bertz CT molecular complexity index is 1120. The second-order valence-electron chi connectivity index (χ2n) is 6.71. The molecule has 0 aliphatic carbocycles. The lowest BCUT2D eigenvalue weighted by molar-refractivity contribution is 0.0998. The molecule has 0 bridgehead atoms. The third kappa shape index (κ3) is 4.27. The van der Waals surface area contributed by atoms with Gasteiger partial charge in [0.2, 0.25) is 0 Å². The Kier molecular flexibility index (Phi) is 6.64. The number of rotatable bonds is 4. The van der Waals surface area contributed by atoms with Gasteiger partial charge >= 0.3 is 0 Å². The van der Waals surface area contributed by atoms with Crippen LogP contribution >= 0.6 is 24.8 Å². The number of carbonyl (C=O) groups is 1. The van der Waals surface area contributed by atoms with Crippen LogP contribution in [0.5, 0.6) is 0 Å². The third-order valence-electron chi connectivity index (χ3n) is 4.78. The molecule has 0 atom stereocenters. The molecule has 2 aliphatic rings. The number of fused-ring (bicyclic) bond motifs is 1. The second kappa shape index (κ2) is 9.19. The van der Waals surface area contributed by atoms with Gasteiger partial charge in [-0.2, -0.15) is 0 Å². The summed E-state index contributed by atoms with van der Waals surface area (Å²) in [5, 5.41) is 10.2. The highest BCUT2D eigenvalue weighted by Gasteiger charge is 2.15. The number of benzene rings is 2. The van der Waals surface area contributed by atoms with Crippen molar-refractivity contribution in [2.75, 3.05) is 31.5 Å². The molecule has 0 spiro atoms. The Morgan fingerprint density at radius 3 is 2.13 bits per heavy atom. The zero-order valence-electron chi connectivity index (χ0n) is 16.0. The van der Waals surface area contributed by atoms with Gasteiger partial charge in [-0.25, -0.2) is 0 Å². The van der Waals surface area contributed by atoms with Gasteiger partial charge in [0, 0.05) is 35.3 Å². The highest BCUT2D eigenvalue weighted by atomic mass is 35.5. The molecule has 3 heterocycles. The number of aliphatic imine (C=N–C) groups is 2. The van der Waals surface area contributed by atoms with E-state index in [-0.39, 0.29) is 36.5 Å². The number of furan rings is 1. The molecule has 0 unspecified atom stereocenters. The van der Waals surface area contributed by atoms with Crippen LogP contribution in [0.2, 0.25) is 0 Å².